The molecule has 21 heavy (non-hydrogen) atoms. The normalized spacial score (nSPS) is 11.1. The Morgan fingerprint density at radius 2 is 2.29 bits per heavy atom. The number of hydrazone groups is 1. The van der Waals surface area contributed by atoms with Crippen molar-refractivity contribution in [3.63, 3.8) is 0 Å². The molecular formula is C14H12N4OS2. The molecule has 2 N–H and O–H groups in total. The van der Waals surface area contributed by atoms with Gasteiger partial charge in [-0.05, 0) is 35.4 Å². The minimum atomic E-state index is -0.280. The van der Waals surface area contributed by atoms with Gasteiger partial charge < -0.3 is 0 Å². The van der Waals surface area contributed by atoms with E-state index in [1.165, 1.54) is 6.20 Å². The fourth-order valence-electron chi connectivity index (χ4n) is 1.79. The van der Waals surface area contributed by atoms with E-state index >= 15 is 0 Å². The molecule has 0 aliphatic carbocycles. The summed E-state index contributed by atoms with van der Waals surface area (Å²) in [5.41, 5.74) is 4.87. The van der Waals surface area contributed by atoms with E-state index in [9.17, 15) is 4.79 Å². The van der Waals surface area contributed by atoms with Crippen molar-refractivity contribution < 1.29 is 4.79 Å². The summed E-state index contributed by atoms with van der Waals surface area (Å²) in [5, 5.41) is 14.7. The maximum Gasteiger partial charge on any atom is 0.275 e. The number of aromatic nitrogens is 2. The van der Waals surface area contributed by atoms with Crippen LogP contribution in [-0.4, -0.2) is 22.3 Å². The van der Waals surface area contributed by atoms with Gasteiger partial charge >= 0.3 is 0 Å². The molecule has 3 aromatic rings. The van der Waals surface area contributed by atoms with Crippen LogP contribution < -0.4 is 5.43 Å². The van der Waals surface area contributed by atoms with E-state index < -0.39 is 0 Å². The molecule has 0 atom stereocenters. The van der Waals surface area contributed by atoms with Crippen molar-refractivity contribution >= 4 is 34.8 Å². The summed E-state index contributed by atoms with van der Waals surface area (Å²) in [6.45, 7) is 2.00. The topological polar surface area (TPSA) is 70.1 Å². The van der Waals surface area contributed by atoms with Gasteiger partial charge in [0.2, 0.25) is 0 Å². The monoisotopic (exact) mass is 316 g/mol. The highest BCUT2D eigenvalue weighted by Gasteiger charge is 2.15. The molecule has 3 heterocycles. The molecule has 0 fully saturated rings. The molecule has 0 spiro atoms. The Labute approximate surface area is 129 Å². The second-order valence-corrected chi connectivity index (χ2v) is 6.20. The van der Waals surface area contributed by atoms with Crippen LogP contribution >= 0.6 is 22.7 Å². The summed E-state index contributed by atoms with van der Waals surface area (Å²) < 4.78 is 0. The summed E-state index contributed by atoms with van der Waals surface area (Å²) in [7, 11) is 0. The Balaban J connectivity index is 1.74. The average molecular weight is 316 g/mol. The van der Waals surface area contributed by atoms with Crippen molar-refractivity contribution in [2.75, 3.05) is 0 Å². The number of hydrogen-bond acceptors (Lipinski definition) is 5. The number of carbonyl (C=O) groups is 1. The Kier molecular flexibility index (Phi) is 3.94. The predicted molar refractivity (Wildman–Crippen MR) is 86.0 cm³/mol. The van der Waals surface area contributed by atoms with Crippen molar-refractivity contribution in [2.24, 2.45) is 5.10 Å². The van der Waals surface area contributed by atoms with Crippen LogP contribution in [0.1, 0.15) is 20.8 Å². The molecule has 0 bridgehead atoms. The minimum absolute atomic E-state index is 0.280. The lowest BCUT2D eigenvalue weighted by atomic mass is 10.2. The lowest BCUT2D eigenvalue weighted by Gasteiger charge is -1.99. The van der Waals surface area contributed by atoms with E-state index in [4.69, 9.17) is 0 Å². The number of hydrogen-bond donors (Lipinski definition) is 2. The predicted octanol–water partition coefficient (Wildman–Crippen LogP) is 3.27. The van der Waals surface area contributed by atoms with E-state index in [1.807, 2.05) is 35.9 Å². The largest absolute Gasteiger partial charge is 0.276 e. The first-order valence-electron chi connectivity index (χ1n) is 6.20. The fourth-order valence-corrected chi connectivity index (χ4v) is 3.31. The minimum Gasteiger partial charge on any atom is -0.276 e. The van der Waals surface area contributed by atoms with Crippen LogP contribution in [0.15, 0.2) is 40.3 Å². The number of H-pyrrole nitrogens is 1. The van der Waals surface area contributed by atoms with Gasteiger partial charge in [-0.1, -0.05) is 6.07 Å². The first-order valence-corrected chi connectivity index (χ1v) is 7.96. The molecule has 0 saturated heterocycles. The summed E-state index contributed by atoms with van der Waals surface area (Å²) in [5.74, 6) is -0.280. The highest BCUT2D eigenvalue weighted by Crippen LogP contribution is 2.25. The molecule has 1 amide bonds. The van der Waals surface area contributed by atoms with Gasteiger partial charge in [-0.2, -0.15) is 10.2 Å². The number of nitrogens with zero attached hydrogens (tertiary/aromatic N) is 2. The Bertz CT molecular complexity index is 771. The molecular weight excluding hydrogens is 304 g/mol. The molecule has 0 aromatic carbocycles. The van der Waals surface area contributed by atoms with Crippen LogP contribution in [0.25, 0.3) is 10.6 Å². The quantitative estimate of drug-likeness (QED) is 0.573. The van der Waals surface area contributed by atoms with E-state index in [-0.39, 0.29) is 5.91 Å². The van der Waals surface area contributed by atoms with Gasteiger partial charge in [0.1, 0.15) is 0 Å². The van der Waals surface area contributed by atoms with Crippen molar-refractivity contribution in [2.45, 2.75) is 6.92 Å². The molecule has 0 saturated carbocycles. The second-order valence-electron chi connectivity index (χ2n) is 4.30. The molecule has 0 unspecified atom stereocenters. The van der Waals surface area contributed by atoms with Crippen LogP contribution in [0.5, 0.6) is 0 Å². The number of nitrogens with one attached hydrogen (secondary N) is 2. The summed E-state index contributed by atoms with van der Waals surface area (Å²) in [4.78, 5) is 14.2. The van der Waals surface area contributed by atoms with Gasteiger partial charge in [-0.25, -0.2) is 5.43 Å². The second kappa shape index (κ2) is 6.02. The zero-order valence-corrected chi connectivity index (χ0v) is 12.8. The Morgan fingerprint density at radius 1 is 1.38 bits per heavy atom. The van der Waals surface area contributed by atoms with Gasteiger partial charge in [0, 0.05) is 4.88 Å². The highest BCUT2D eigenvalue weighted by molar-refractivity contribution is 7.13. The third-order valence-electron chi connectivity index (χ3n) is 2.90. The van der Waals surface area contributed by atoms with Crippen LogP contribution in [0.3, 0.4) is 0 Å². The van der Waals surface area contributed by atoms with Crippen LogP contribution in [-0.2, 0) is 0 Å². The lowest BCUT2D eigenvalue weighted by Crippen LogP contribution is -2.17. The SMILES string of the molecule is Cc1ccsc1/C=N\NC(=O)c1cn[nH]c1-c1cccs1. The zero-order valence-electron chi connectivity index (χ0n) is 11.2. The summed E-state index contributed by atoms with van der Waals surface area (Å²) in [6.07, 6.45) is 3.17. The van der Waals surface area contributed by atoms with Crippen molar-refractivity contribution in [3.8, 4) is 10.6 Å². The molecule has 3 aromatic heterocycles. The standard InChI is InChI=1S/C14H12N4OS2/c1-9-4-6-21-12(9)8-16-18-14(19)10-7-15-17-13(10)11-3-2-5-20-11/h2-8H,1H3,(H,15,17)(H,18,19)/b16-8-. The highest BCUT2D eigenvalue weighted by atomic mass is 32.1. The van der Waals surface area contributed by atoms with E-state index in [0.29, 0.717) is 11.3 Å². The molecule has 0 aliphatic heterocycles. The molecule has 3 rings (SSSR count). The van der Waals surface area contributed by atoms with Gasteiger partial charge in [0.05, 0.1) is 28.5 Å². The van der Waals surface area contributed by atoms with Crippen LogP contribution in [0, 0.1) is 6.92 Å². The van der Waals surface area contributed by atoms with Gasteiger partial charge in [-0.3, -0.25) is 9.89 Å². The molecule has 106 valence electrons. The van der Waals surface area contributed by atoms with Crippen molar-refractivity contribution in [1.29, 1.82) is 0 Å². The average Bonchev–Trinajstić information content (AvgIpc) is 3.19. The number of amides is 1. The lowest BCUT2D eigenvalue weighted by molar-refractivity contribution is 0.0956. The van der Waals surface area contributed by atoms with Crippen molar-refractivity contribution in [1.82, 2.24) is 15.6 Å². The number of aryl methyl sites for hydroxylation is 1. The molecule has 5 nitrogen and oxygen atoms in total. The maximum atomic E-state index is 12.2. The first-order chi connectivity index (χ1) is 10.3. The number of thiophene rings is 2. The summed E-state index contributed by atoms with van der Waals surface area (Å²) in [6, 6.07) is 5.88. The zero-order chi connectivity index (χ0) is 14.7. The van der Waals surface area contributed by atoms with E-state index in [1.54, 1.807) is 28.9 Å². The maximum absolute atomic E-state index is 12.2. The third kappa shape index (κ3) is 2.93. The number of carbonyl (C=O) groups excluding carboxylic acids is 1. The molecule has 0 radical (unpaired) electrons. The number of aromatic amines is 1. The van der Waals surface area contributed by atoms with Gasteiger partial charge in [0.15, 0.2) is 0 Å². The smallest absolute Gasteiger partial charge is 0.275 e. The Hall–Kier alpha value is -2.25. The van der Waals surface area contributed by atoms with Crippen LogP contribution in [0.4, 0.5) is 0 Å². The molecule has 0 aliphatic rings. The van der Waals surface area contributed by atoms with Crippen LogP contribution in [0.2, 0.25) is 0 Å². The van der Waals surface area contributed by atoms with E-state index in [2.05, 4.69) is 20.7 Å². The first kappa shape index (κ1) is 13.7. The molecule has 7 heteroatoms. The van der Waals surface area contributed by atoms with Gasteiger partial charge in [0.25, 0.3) is 5.91 Å². The third-order valence-corrected chi connectivity index (χ3v) is 4.74. The Morgan fingerprint density at radius 3 is 3.00 bits per heavy atom. The summed E-state index contributed by atoms with van der Waals surface area (Å²) >= 11 is 3.13. The number of rotatable bonds is 4. The van der Waals surface area contributed by atoms with Crippen molar-refractivity contribution in [3.05, 3.63) is 51.2 Å². The fraction of sp³-hybridized carbons (Fsp3) is 0.0714. The van der Waals surface area contributed by atoms with Gasteiger partial charge in [-0.15, -0.1) is 22.7 Å². The van der Waals surface area contributed by atoms with E-state index in [0.717, 1.165) is 15.3 Å².